The van der Waals surface area contributed by atoms with E-state index >= 15 is 0 Å². The van der Waals surface area contributed by atoms with Crippen LogP contribution in [0.4, 0.5) is 0 Å². The minimum atomic E-state index is 0.156. The van der Waals surface area contributed by atoms with Gasteiger partial charge in [0.25, 0.3) is 0 Å². The van der Waals surface area contributed by atoms with Gasteiger partial charge in [0, 0.05) is 28.2 Å². The van der Waals surface area contributed by atoms with Crippen molar-refractivity contribution in [2.75, 3.05) is 0 Å². The summed E-state index contributed by atoms with van der Waals surface area (Å²) in [5.41, 5.74) is 3.07. The lowest BCUT2D eigenvalue weighted by Crippen LogP contribution is -2.19. The van der Waals surface area contributed by atoms with Crippen molar-refractivity contribution in [3.63, 3.8) is 0 Å². The van der Waals surface area contributed by atoms with Crippen LogP contribution in [-0.2, 0) is 6.54 Å². The predicted octanol–water partition coefficient (Wildman–Crippen LogP) is 4.45. The fraction of sp³-hybridized carbons (Fsp3) is 0.357. The number of nitrogens with zero attached hydrogens (tertiary/aromatic N) is 1. The summed E-state index contributed by atoms with van der Waals surface area (Å²) in [7, 11) is 0. The topological polar surface area (TPSA) is 38.1 Å². The third-order valence-electron chi connectivity index (χ3n) is 3.06. The van der Waals surface area contributed by atoms with Gasteiger partial charge in [-0.05, 0) is 44.5 Å². The van der Waals surface area contributed by atoms with Crippen LogP contribution in [0.1, 0.15) is 35.5 Å². The van der Waals surface area contributed by atoms with Crippen LogP contribution in [0.15, 0.2) is 22.7 Å². The molecule has 1 aromatic heterocycles. The Morgan fingerprint density at radius 3 is 2.37 bits per heavy atom. The van der Waals surface area contributed by atoms with Gasteiger partial charge in [-0.15, -0.1) is 0 Å². The smallest absolute Gasteiger partial charge is 0.138 e. The van der Waals surface area contributed by atoms with E-state index in [2.05, 4.69) is 17.4 Å². The van der Waals surface area contributed by atoms with E-state index in [0.29, 0.717) is 16.6 Å². The summed E-state index contributed by atoms with van der Waals surface area (Å²) in [5, 5.41) is 8.68. The molecule has 0 bridgehead atoms. The van der Waals surface area contributed by atoms with E-state index in [1.807, 2.05) is 26.0 Å². The first-order chi connectivity index (χ1) is 8.97. The SMILES string of the molecule is Cc1noc(C)c1C(C)NCc1cc(Cl)cc(Cl)c1. The van der Waals surface area contributed by atoms with Crippen molar-refractivity contribution in [3.05, 3.63) is 50.8 Å². The highest BCUT2D eigenvalue weighted by Gasteiger charge is 2.15. The summed E-state index contributed by atoms with van der Waals surface area (Å²) in [5.74, 6) is 0.849. The van der Waals surface area contributed by atoms with Gasteiger partial charge < -0.3 is 9.84 Å². The molecule has 0 aliphatic carbocycles. The molecular weight excluding hydrogens is 283 g/mol. The maximum Gasteiger partial charge on any atom is 0.138 e. The molecule has 5 heteroatoms. The van der Waals surface area contributed by atoms with E-state index in [-0.39, 0.29) is 6.04 Å². The zero-order valence-electron chi connectivity index (χ0n) is 11.1. The first-order valence-electron chi connectivity index (χ1n) is 6.08. The Kier molecular flexibility index (Phi) is 4.50. The fourth-order valence-electron chi connectivity index (χ4n) is 2.19. The van der Waals surface area contributed by atoms with Gasteiger partial charge in [0.15, 0.2) is 0 Å². The van der Waals surface area contributed by atoms with Crippen molar-refractivity contribution in [3.8, 4) is 0 Å². The standard InChI is InChI=1S/C14H16Cl2N2O/c1-8(14-9(2)18-19-10(14)3)17-7-11-4-12(15)6-13(16)5-11/h4-6,8,17H,7H2,1-3H3. The highest BCUT2D eigenvalue weighted by Crippen LogP contribution is 2.23. The molecule has 0 saturated heterocycles. The number of rotatable bonds is 4. The summed E-state index contributed by atoms with van der Waals surface area (Å²) >= 11 is 12.0. The molecule has 1 aromatic carbocycles. The van der Waals surface area contributed by atoms with Crippen molar-refractivity contribution >= 4 is 23.2 Å². The van der Waals surface area contributed by atoms with E-state index in [1.165, 1.54) is 0 Å². The molecule has 0 amide bonds. The lowest BCUT2D eigenvalue weighted by atomic mass is 10.1. The Balaban J connectivity index is 2.06. The van der Waals surface area contributed by atoms with Crippen LogP contribution < -0.4 is 5.32 Å². The van der Waals surface area contributed by atoms with E-state index in [0.717, 1.165) is 22.6 Å². The average Bonchev–Trinajstić information content (AvgIpc) is 2.65. The molecule has 2 rings (SSSR count). The van der Waals surface area contributed by atoms with Crippen LogP contribution in [0.25, 0.3) is 0 Å². The minimum absolute atomic E-state index is 0.156. The first kappa shape index (κ1) is 14.4. The molecule has 1 heterocycles. The quantitative estimate of drug-likeness (QED) is 0.906. The van der Waals surface area contributed by atoms with E-state index in [4.69, 9.17) is 27.7 Å². The van der Waals surface area contributed by atoms with Gasteiger partial charge in [-0.1, -0.05) is 28.4 Å². The van der Waals surface area contributed by atoms with Crippen LogP contribution >= 0.6 is 23.2 Å². The van der Waals surface area contributed by atoms with Crippen molar-refractivity contribution in [2.45, 2.75) is 33.4 Å². The second kappa shape index (κ2) is 5.95. The zero-order chi connectivity index (χ0) is 14.0. The maximum atomic E-state index is 5.98. The predicted molar refractivity (Wildman–Crippen MR) is 77.7 cm³/mol. The Bertz CT molecular complexity index is 541. The lowest BCUT2D eigenvalue weighted by Gasteiger charge is -2.14. The largest absolute Gasteiger partial charge is 0.361 e. The minimum Gasteiger partial charge on any atom is -0.361 e. The number of halogens is 2. The normalized spacial score (nSPS) is 12.7. The molecule has 0 aliphatic heterocycles. The van der Waals surface area contributed by atoms with Crippen LogP contribution in [0.2, 0.25) is 10.0 Å². The first-order valence-corrected chi connectivity index (χ1v) is 6.84. The Labute approximate surface area is 122 Å². The molecule has 1 unspecified atom stereocenters. The second-order valence-electron chi connectivity index (χ2n) is 4.62. The number of nitrogens with one attached hydrogen (secondary N) is 1. The molecule has 0 radical (unpaired) electrons. The van der Waals surface area contributed by atoms with Crippen molar-refractivity contribution in [1.29, 1.82) is 0 Å². The van der Waals surface area contributed by atoms with Gasteiger partial charge in [-0.2, -0.15) is 0 Å². The van der Waals surface area contributed by atoms with Gasteiger partial charge in [0.05, 0.1) is 5.69 Å². The van der Waals surface area contributed by atoms with Crippen LogP contribution in [-0.4, -0.2) is 5.16 Å². The van der Waals surface area contributed by atoms with Gasteiger partial charge in [-0.25, -0.2) is 0 Å². The number of benzene rings is 1. The van der Waals surface area contributed by atoms with E-state index < -0.39 is 0 Å². The fourth-order valence-corrected chi connectivity index (χ4v) is 2.77. The van der Waals surface area contributed by atoms with Crippen molar-refractivity contribution < 1.29 is 4.52 Å². The summed E-state index contributed by atoms with van der Waals surface area (Å²) in [4.78, 5) is 0. The summed E-state index contributed by atoms with van der Waals surface area (Å²) in [6.07, 6.45) is 0. The molecule has 19 heavy (non-hydrogen) atoms. The summed E-state index contributed by atoms with van der Waals surface area (Å²) in [6.45, 7) is 6.63. The van der Waals surface area contributed by atoms with Gasteiger partial charge in [-0.3, -0.25) is 0 Å². The lowest BCUT2D eigenvalue weighted by molar-refractivity contribution is 0.390. The molecule has 0 spiro atoms. The monoisotopic (exact) mass is 298 g/mol. The molecule has 0 fully saturated rings. The molecule has 102 valence electrons. The average molecular weight is 299 g/mol. The molecule has 0 saturated carbocycles. The van der Waals surface area contributed by atoms with E-state index in [9.17, 15) is 0 Å². The van der Waals surface area contributed by atoms with Gasteiger partial charge in [0.2, 0.25) is 0 Å². The van der Waals surface area contributed by atoms with Gasteiger partial charge >= 0.3 is 0 Å². The Morgan fingerprint density at radius 1 is 1.21 bits per heavy atom. The van der Waals surface area contributed by atoms with Crippen LogP contribution in [0.5, 0.6) is 0 Å². The van der Waals surface area contributed by atoms with Crippen molar-refractivity contribution in [1.82, 2.24) is 10.5 Å². The van der Waals surface area contributed by atoms with E-state index in [1.54, 1.807) is 6.07 Å². The molecule has 2 aromatic rings. The van der Waals surface area contributed by atoms with Crippen LogP contribution in [0.3, 0.4) is 0 Å². The third kappa shape index (κ3) is 3.50. The number of hydrogen-bond acceptors (Lipinski definition) is 3. The van der Waals surface area contributed by atoms with Crippen molar-refractivity contribution in [2.24, 2.45) is 0 Å². The number of aromatic nitrogens is 1. The second-order valence-corrected chi connectivity index (χ2v) is 5.49. The Hall–Kier alpha value is -1.03. The number of hydrogen-bond donors (Lipinski definition) is 1. The summed E-state index contributed by atoms with van der Waals surface area (Å²) < 4.78 is 5.17. The van der Waals surface area contributed by atoms with Gasteiger partial charge in [0.1, 0.15) is 5.76 Å². The molecule has 0 aliphatic rings. The maximum absolute atomic E-state index is 5.98. The highest BCUT2D eigenvalue weighted by atomic mass is 35.5. The highest BCUT2D eigenvalue weighted by molar-refractivity contribution is 6.34. The summed E-state index contributed by atoms with van der Waals surface area (Å²) in [6, 6.07) is 5.69. The zero-order valence-corrected chi connectivity index (χ0v) is 12.6. The molecule has 1 N–H and O–H groups in total. The Morgan fingerprint density at radius 2 is 1.84 bits per heavy atom. The number of aryl methyl sites for hydroxylation is 2. The molecule has 3 nitrogen and oxygen atoms in total. The third-order valence-corrected chi connectivity index (χ3v) is 3.49. The van der Waals surface area contributed by atoms with Crippen LogP contribution in [0, 0.1) is 13.8 Å². The molecule has 1 atom stereocenters. The molecular formula is C14H16Cl2N2O.